The summed E-state index contributed by atoms with van der Waals surface area (Å²) in [7, 11) is 3.55. The number of carbonyl (C=O) groups excluding carboxylic acids is 1. The summed E-state index contributed by atoms with van der Waals surface area (Å²) in [4.78, 5) is 34.1. The summed E-state index contributed by atoms with van der Waals surface area (Å²) in [6.07, 6.45) is 7.91. The Bertz CT molecular complexity index is 1690. The van der Waals surface area contributed by atoms with Crippen LogP contribution >= 0.6 is 11.6 Å². The second-order valence-electron chi connectivity index (χ2n) is 11.8. The molecule has 8 heteroatoms. The first-order valence-corrected chi connectivity index (χ1v) is 15.4. The van der Waals surface area contributed by atoms with Crippen LogP contribution in [0.1, 0.15) is 58.4 Å². The molecule has 1 aliphatic heterocycles. The fourth-order valence-electron chi connectivity index (χ4n) is 5.77. The molecule has 7 nitrogen and oxygen atoms in total. The van der Waals surface area contributed by atoms with Gasteiger partial charge < -0.3 is 10.2 Å². The van der Waals surface area contributed by atoms with Crippen molar-refractivity contribution in [2.24, 2.45) is 0 Å². The fraction of sp³-hybridized carbons (Fsp3) is 0.306. The van der Waals surface area contributed by atoms with Crippen molar-refractivity contribution >= 4 is 29.3 Å². The summed E-state index contributed by atoms with van der Waals surface area (Å²) in [6.45, 7) is 7.62. The molecule has 2 aromatic carbocycles. The van der Waals surface area contributed by atoms with Gasteiger partial charge in [-0.2, -0.15) is 0 Å². The van der Waals surface area contributed by atoms with E-state index in [-0.39, 0.29) is 11.5 Å². The van der Waals surface area contributed by atoms with Crippen molar-refractivity contribution < 1.29 is 4.79 Å². The number of halogens is 1. The highest BCUT2D eigenvalue weighted by molar-refractivity contribution is 6.30. The molecular formula is C36H40ClN5O2. The summed E-state index contributed by atoms with van der Waals surface area (Å²) in [5.41, 5.74) is 7.66. The monoisotopic (exact) mass is 609 g/mol. The van der Waals surface area contributed by atoms with Gasteiger partial charge in [-0.25, -0.2) is 0 Å². The quantitative estimate of drug-likeness (QED) is 0.226. The van der Waals surface area contributed by atoms with Crippen LogP contribution in [0.3, 0.4) is 0 Å². The minimum Gasteiger partial charge on any atom is -0.381 e. The molecule has 0 aliphatic carbocycles. The highest BCUT2D eigenvalue weighted by Crippen LogP contribution is 2.29. The molecule has 0 saturated carbocycles. The molecule has 228 valence electrons. The molecule has 1 amide bonds. The number of nitrogens with one attached hydrogen (secondary N) is 1. The van der Waals surface area contributed by atoms with E-state index in [2.05, 4.69) is 40.3 Å². The van der Waals surface area contributed by atoms with Crippen molar-refractivity contribution in [3.05, 3.63) is 128 Å². The van der Waals surface area contributed by atoms with Gasteiger partial charge in [-0.15, -0.1) is 0 Å². The first-order valence-electron chi connectivity index (χ1n) is 15.1. The van der Waals surface area contributed by atoms with Crippen molar-refractivity contribution in [2.45, 2.75) is 39.2 Å². The molecule has 2 aromatic heterocycles. The lowest BCUT2D eigenvalue weighted by Crippen LogP contribution is -2.34. The molecule has 4 aromatic rings. The number of anilines is 1. The van der Waals surface area contributed by atoms with Crippen LogP contribution in [0.15, 0.2) is 89.5 Å². The lowest BCUT2D eigenvalue weighted by Gasteiger charge is -2.32. The van der Waals surface area contributed by atoms with Crippen LogP contribution in [0, 0.1) is 6.92 Å². The van der Waals surface area contributed by atoms with Crippen LogP contribution < -0.4 is 10.9 Å². The van der Waals surface area contributed by atoms with Crippen LogP contribution in [0.5, 0.6) is 0 Å². The van der Waals surface area contributed by atoms with Crippen LogP contribution in [-0.4, -0.2) is 59.0 Å². The molecule has 0 atom stereocenters. The normalized spacial score (nSPS) is 14.4. The van der Waals surface area contributed by atoms with Crippen LogP contribution in [-0.2, 0) is 6.54 Å². The lowest BCUT2D eigenvalue weighted by molar-refractivity contribution is 0.0827. The number of aryl methyl sites for hydroxylation is 1. The first kappa shape index (κ1) is 31.2. The number of carbonyl (C=O) groups is 1. The molecule has 1 saturated heterocycles. The number of nitrogens with zero attached hydrogens (tertiary/aromatic N) is 4. The minimum absolute atomic E-state index is 0.0322. The predicted molar refractivity (Wildman–Crippen MR) is 180 cm³/mol. The van der Waals surface area contributed by atoms with E-state index >= 15 is 0 Å². The van der Waals surface area contributed by atoms with Crippen LogP contribution in [0.4, 0.5) is 5.69 Å². The van der Waals surface area contributed by atoms with Gasteiger partial charge in [-0.3, -0.25) is 24.0 Å². The fourth-order valence-corrected chi connectivity index (χ4v) is 5.90. The molecule has 5 rings (SSSR count). The molecule has 1 aliphatic rings. The van der Waals surface area contributed by atoms with Crippen molar-refractivity contribution in [2.75, 3.05) is 39.0 Å². The van der Waals surface area contributed by atoms with Crippen LogP contribution in [0.25, 0.3) is 11.8 Å². The Morgan fingerprint density at radius 1 is 1.05 bits per heavy atom. The number of amides is 1. The summed E-state index contributed by atoms with van der Waals surface area (Å²) < 4.78 is 1.68. The number of hydrogen-bond donors (Lipinski definition) is 1. The Morgan fingerprint density at radius 2 is 1.75 bits per heavy atom. The van der Waals surface area contributed by atoms with Gasteiger partial charge in [0.1, 0.15) is 0 Å². The maximum atomic E-state index is 13.2. The SMILES string of the molecule is C/C(=C\c1c(-n2ccc(NCc3ccc(Cl)cc3)cc2=O)ccnc1C)CN1CCC(c2ccc(C(=O)N(C)C)cc2)CC1. The summed E-state index contributed by atoms with van der Waals surface area (Å²) >= 11 is 5.99. The maximum Gasteiger partial charge on any atom is 0.257 e. The molecule has 0 unspecified atom stereocenters. The Labute approximate surface area is 264 Å². The third-order valence-electron chi connectivity index (χ3n) is 8.24. The number of piperidine rings is 1. The molecule has 1 N–H and O–H groups in total. The topological polar surface area (TPSA) is 70.5 Å². The summed E-state index contributed by atoms with van der Waals surface area (Å²) in [5.74, 6) is 0.534. The average molecular weight is 610 g/mol. The van der Waals surface area contributed by atoms with Crippen molar-refractivity contribution in [3.63, 3.8) is 0 Å². The molecular weight excluding hydrogens is 570 g/mol. The Kier molecular flexibility index (Phi) is 9.98. The van der Waals surface area contributed by atoms with E-state index in [0.29, 0.717) is 17.5 Å². The zero-order valence-corrected chi connectivity index (χ0v) is 26.6. The van der Waals surface area contributed by atoms with Gasteiger partial charge in [-0.1, -0.05) is 47.5 Å². The Hall–Kier alpha value is -4.20. The zero-order chi connectivity index (χ0) is 31.2. The van der Waals surface area contributed by atoms with E-state index in [1.54, 1.807) is 35.8 Å². The van der Waals surface area contributed by atoms with Gasteiger partial charge in [0.05, 0.1) is 5.69 Å². The molecule has 3 heterocycles. The third kappa shape index (κ3) is 7.65. The van der Waals surface area contributed by atoms with Gasteiger partial charge in [0.2, 0.25) is 0 Å². The van der Waals surface area contributed by atoms with Gasteiger partial charge in [0, 0.05) is 73.2 Å². The second kappa shape index (κ2) is 14.1. The maximum absolute atomic E-state index is 13.2. The summed E-state index contributed by atoms with van der Waals surface area (Å²) in [5, 5.41) is 4.03. The number of rotatable bonds is 9. The van der Waals surface area contributed by atoms with E-state index in [1.807, 2.05) is 61.7 Å². The zero-order valence-electron chi connectivity index (χ0n) is 25.9. The van der Waals surface area contributed by atoms with Crippen LogP contribution in [0.2, 0.25) is 5.02 Å². The first-order chi connectivity index (χ1) is 21.2. The molecule has 0 bridgehead atoms. The average Bonchev–Trinajstić information content (AvgIpc) is 3.02. The van der Waals surface area contributed by atoms with Crippen molar-refractivity contribution in [1.82, 2.24) is 19.4 Å². The predicted octanol–water partition coefficient (Wildman–Crippen LogP) is 6.79. The van der Waals surface area contributed by atoms with Gasteiger partial charge in [-0.05, 0) is 93.2 Å². The molecule has 44 heavy (non-hydrogen) atoms. The number of benzene rings is 2. The minimum atomic E-state index is -0.106. The van der Waals surface area contributed by atoms with Gasteiger partial charge in [0.15, 0.2) is 0 Å². The highest BCUT2D eigenvalue weighted by atomic mass is 35.5. The van der Waals surface area contributed by atoms with E-state index in [9.17, 15) is 9.59 Å². The summed E-state index contributed by atoms with van der Waals surface area (Å²) in [6, 6.07) is 21.2. The molecule has 1 fully saturated rings. The molecule has 0 radical (unpaired) electrons. The van der Waals surface area contributed by atoms with E-state index in [1.165, 1.54) is 11.1 Å². The number of hydrogen-bond acceptors (Lipinski definition) is 5. The Morgan fingerprint density at radius 3 is 2.41 bits per heavy atom. The van der Waals surface area contributed by atoms with E-state index < -0.39 is 0 Å². The number of pyridine rings is 2. The lowest BCUT2D eigenvalue weighted by atomic mass is 9.88. The largest absolute Gasteiger partial charge is 0.381 e. The standard InChI is InChI=1S/C36H40ClN5O2/c1-25(24-41-18-14-29(15-19-41)28-7-9-30(10-8-28)36(44)40(3)4)21-33-26(2)38-17-13-34(33)42-20-16-32(22-35(42)43)39-23-27-5-11-31(37)12-6-27/h5-13,16-17,20-22,29,39H,14-15,18-19,23-24H2,1-4H3/b25-21+. The highest BCUT2D eigenvalue weighted by Gasteiger charge is 2.21. The van der Waals surface area contributed by atoms with Gasteiger partial charge >= 0.3 is 0 Å². The second-order valence-corrected chi connectivity index (χ2v) is 12.2. The van der Waals surface area contributed by atoms with Gasteiger partial charge in [0.25, 0.3) is 11.5 Å². The van der Waals surface area contributed by atoms with Crippen molar-refractivity contribution in [3.8, 4) is 5.69 Å². The van der Waals surface area contributed by atoms with E-state index in [0.717, 1.165) is 66.2 Å². The number of aromatic nitrogens is 2. The third-order valence-corrected chi connectivity index (χ3v) is 8.49. The molecule has 0 spiro atoms. The number of likely N-dealkylation sites (tertiary alicyclic amines) is 1. The van der Waals surface area contributed by atoms with E-state index in [4.69, 9.17) is 11.6 Å². The smallest absolute Gasteiger partial charge is 0.257 e. The Balaban J connectivity index is 1.23. The van der Waals surface area contributed by atoms with Crippen molar-refractivity contribution in [1.29, 1.82) is 0 Å².